The average Bonchev–Trinajstić information content (AvgIpc) is 2.74. The van der Waals surface area contributed by atoms with Crippen LogP contribution in [-0.2, 0) is 14.5 Å². The van der Waals surface area contributed by atoms with Gasteiger partial charge in [0.2, 0.25) is 5.91 Å². The molecule has 0 saturated carbocycles. The maximum absolute atomic E-state index is 13.4. The van der Waals surface area contributed by atoms with Crippen molar-refractivity contribution in [2.24, 2.45) is 4.36 Å². The van der Waals surface area contributed by atoms with Crippen molar-refractivity contribution in [2.45, 2.75) is 4.90 Å². The van der Waals surface area contributed by atoms with Crippen LogP contribution >= 0.6 is 0 Å². The van der Waals surface area contributed by atoms with Gasteiger partial charge in [0.25, 0.3) is 5.91 Å². The Kier molecular flexibility index (Phi) is 6.04. The van der Waals surface area contributed by atoms with E-state index in [0.717, 1.165) is 0 Å². The van der Waals surface area contributed by atoms with Crippen LogP contribution in [0.25, 0.3) is 11.1 Å². The molecule has 2 amide bonds. The van der Waals surface area contributed by atoms with Gasteiger partial charge in [-0.3, -0.25) is 14.6 Å². The summed E-state index contributed by atoms with van der Waals surface area (Å²) in [6.45, 7) is 0. The first-order valence-electron chi connectivity index (χ1n) is 8.70. The van der Waals surface area contributed by atoms with Crippen LogP contribution in [0, 0.1) is 0 Å². The number of pyridine rings is 1. The highest BCUT2D eigenvalue weighted by atomic mass is 32.2. The molecular formula is C21H19N3O4S. The van der Waals surface area contributed by atoms with E-state index in [-0.39, 0.29) is 11.3 Å². The molecule has 0 saturated heterocycles. The molecule has 1 atom stereocenters. The fourth-order valence-electron chi connectivity index (χ4n) is 2.64. The summed E-state index contributed by atoms with van der Waals surface area (Å²) in [6.07, 6.45) is 2.87. The van der Waals surface area contributed by atoms with Gasteiger partial charge in [-0.1, -0.05) is 30.3 Å². The van der Waals surface area contributed by atoms with Crippen molar-refractivity contribution in [3.63, 3.8) is 0 Å². The molecule has 0 spiro atoms. The Morgan fingerprint density at radius 3 is 2.48 bits per heavy atom. The third-order valence-corrected chi connectivity index (χ3v) is 6.24. The Balaban J connectivity index is 2.03. The van der Waals surface area contributed by atoms with Crippen LogP contribution in [0.1, 0.15) is 10.4 Å². The third-order valence-electron chi connectivity index (χ3n) is 4.11. The topological polar surface area (TPSA) is 109 Å². The Morgan fingerprint density at radius 1 is 1.03 bits per heavy atom. The third kappa shape index (κ3) is 4.85. The van der Waals surface area contributed by atoms with E-state index in [1.54, 1.807) is 60.8 Å². The van der Waals surface area contributed by atoms with Crippen LogP contribution in [0.5, 0.6) is 5.75 Å². The fourth-order valence-corrected chi connectivity index (χ4v) is 4.43. The van der Waals surface area contributed by atoms with Gasteiger partial charge in [0.05, 0.1) is 15.3 Å². The number of benzene rings is 2. The number of rotatable bonds is 5. The molecule has 3 rings (SSSR count). The van der Waals surface area contributed by atoms with E-state index in [9.17, 15) is 18.9 Å². The molecule has 0 radical (unpaired) electrons. The minimum absolute atomic E-state index is 0.0848. The number of phenolic OH excluding ortho intramolecular Hbond substituents is 1. The van der Waals surface area contributed by atoms with Crippen LogP contribution in [-0.4, -0.2) is 38.9 Å². The molecule has 8 heteroatoms. The lowest BCUT2D eigenvalue weighted by Gasteiger charge is -2.10. The molecule has 2 N–H and O–H groups in total. The zero-order valence-electron chi connectivity index (χ0n) is 15.6. The van der Waals surface area contributed by atoms with Gasteiger partial charge < -0.3 is 10.4 Å². The highest BCUT2D eigenvalue weighted by Gasteiger charge is 2.20. The Morgan fingerprint density at radius 2 is 1.79 bits per heavy atom. The predicted molar refractivity (Wildman–Crippen MR) is 110 cm³/mol. The van der Waals surface area contributed by atoms with Crippen molar-refractivity contribution in [1.29, 1.82) is 0 Å². The summed E-state index contributed by atoms with van der Waals surface area (Å²) < 4.78 is 17.4. The largest absolute Gasteiger partial charge is 0.508 e. The number of hydrogen-bond donors (Lipinski definition) is 2. The number of nitrogens with one attached hydrogen (secondary N) is 1. The summed E-state index contributed by atoms with van der Waals surface area (Å²) >= 11 is 0. The lowest BCUT2D eigenvalue weighted by Crippen LogP contribution is -2.27. The van der Waals surface area contributed by atoms with E-state index in [4.69, 9.17) is 0 Å². The first kappa shape index (κ1) is 20.2. The zero-order chi connectivity index (χ0) is 20.9. The number of aromatic hydroxyl groups is 1. The first-order valence-corrected chi connectivity index (χ1v) is 10.4. The normalized spacial score (nSPS) is 12.6. The molecule has 0 aliphatic rings. The Bertz CT molecular complexity index is 1170. The fraction of sp³-hybridized carbons (Fsp3) is 0.0952. The van der Waals surface area contributed by atoms with E-state index in [1.165, 1.54) is 19.3 Å². The summed E-state index contributed by atoms with van der Waals surface area (Å²) in [5.41, 5.74) is 1.40. The summed E-state index contributed by atoms with van der Waals surface area (Å²) in [5.74, 6) is -1.57. The SMILES string of the molecule is CNC(=O)C[S@@](=O)(=NC(=O)c1cncc(-c2cccc(O)c2)c1)c1ccccc1. The number of carbonyl (C=O) groups excluding carboxylic acids is 2. The number of aromatic nitrogens is 1. The van der Waals surface area contributed by atoms with Gasteiger partial charge in [0, 0.05) is 29.9 Å². The number of phenols is 1. The maximum atomic E-state index is 13.4. The molecule has 1 heterocycles. The van der Waals surface area contributed by atoms with E-state index < -0.39 is 27.3 Å². The van der Waals surface area contributed by atoms with Gasteiger partial charge in [-0.2, -0.15) is 4.36 Å². The van der Waals surface area contributed by atoms with Crippen LogP contribution < -0.4 is 5.32 Å². The molecule has 29 heavy (non-hydrogen) atoms. The summed E-state index contributed by atoms with van der Waals surface area (Å²) in [6, 6.07) is 16.3. The Hall–Kier alpha value is -3.52. The van der Waals surface area contributed by atoms with Crippen LogP contribution in [0.15, 0.2) is 82.3 Å². The molecule has 0 aliphatic heterocycles. The molecule has 0 unspecified atom stereocenters. The molecule has 7 nitrogen and oxygen atoms in total. The average molecular weight is 409 g/mol. The van der Waals surface area contributed by atoms with Crippen LogP contribution in [0.2, 0.25) is 0 Å². The van der Waals surface area contributed by atoms with Crippen molar-refractivity contribution < 1.29 is 18.9 Å². The van der Waals surface area contributed by atoms with Crippen molar-refractivity contribution >= 4 is 21.5 Å². The number of nitrogens with zero attached hydrogens (tertiary/aromatic N) is 2. The quantitative estimate of drug-likeness (QED) is 0.674. The smallest absolute Gasteiger partial charge is 0.286 e. The minimum Gasteiger partial charge on any atom is -0.508 e. The van der Waals surface area contributed by atoms with Gasteiger partial charge >= 0.3 is 0 Å². The van der Waals surface area contributed by atoms with Gasteiger partial charge in [0.15, 0.2) is 0 Å². The zero-order valence-corrected chi connectivity index (χ0v) is 16.4. The molecular weight excluding hydrogens is 390 g/mol. The Labute approximate surface area is 168 Å². The molecule has 1 aromatic heterocycles. The molecule has 2 aromatic carbocycles. The van der Waals surface area contributed by atoms with Crippen molar-refractivity contribution in [1.82, 2.24) is 10.3 Å². The number of hydrogen-bond acceptors (Lipinski definition) is 5. The molecule has 0 fully saturated rings. The van der Waals surface area contributed by atoms with E-state index in [0.29, 0.717) is 16.0 Å². The lowest BCUT2D eigenvalue weighted by atomic mass is 10.1. The molecule has 0 aliphatic carbocycles. The molecule has 0 bridgehead atoms. The van der Waals surface area contributed by atoms with Crippen molar-refractivity contribution in [3.8, 4) is 16.9 Å². The summed E-state index contributed by atoms with van der Waals surface area (Å²) in [5, 5.41) is 12.1. The summed E-state index contributed by atoms with van der Waals surface area (Å²) in [7, 11) is -1.89. The standard InChI is InChI=1S/C21H19N3O4S/c1-22-20(26)14-29(28,19-8-3-2-4-9-19)24-21(27)17-10-16(12-23-13-17)15-6-5-7-18(25)11-15/h2-13,25H,14H2,1H3,(H,22,26)/t29-/m0/s1. The highest BCUT2D eigenvalue weighted by Crippen LogP contribution is 2.24. The van der Waals surface area contributed by atoms with Crippen LogP contribution in [0.4, 0.5) is 0 Å². The minimum atomic E-state index is -3.32. The van der Waals surface area contributed by atoms with E-state index in [1.807, 2.05) is 0 Å². The second kappa shape index (κ2) is 8.66. The van der Waals surface area contributed by atoms with Gasteiger partial charge in [-0.05, 0) is 35.9 Å². The van der Waals surface area contributed by atoms with Gasteiger partial charge in [-0.15, -0.1) is 0 Å². The van der Waals surface area contributed by atoms with Gasteiger partial charge in [0.1, 0.15) is 11.5 Å². The highest BCUT2D eigenvalue weighted by molar-refractivity contribution is 7.94. The second-order valence-electron chi connectivity index (χ2n) is 6.18. The van der Waals surface area contributed by atoms with Gasteiger partial charge in [-0.25, -0.2) is 4.21 Å². The predicted octanol–water partition coefficient (Wildman–Crippen LogP) is 2.87. The second-order valence-corrected chi connectivity index (χ2v) is 8.40. The van der Waals surface area contributed by atoms with Crippen LogP contribution in [0.3, 0.4) is 0 Å². The number of carbonyl (C=O) groups is 2. The van der Waals surface area contributed by atoms with E-state index in [2.05, 4.69) is 14.7 Å². The summed E-state index contributed by atoms with van der Waals surface area (Å²) in [4.78, 5) is 29.0. The van der Waals surface area contributed by atoms with E-state index >= 15 is 0 Å². The van der Waals surface area contributed by atoms with Crippen molar-refractivity contribution in [3.05, 3.63) is 78.6 Å². The molecule has 148 valence electrons. The first-order chi connectivity index (χ1) is 13.9. The monoisotopic (exact) mass is 409 g/mol. The lowest BCUT2D eigenvalue weighted by molar-refractivity contribution is -0.118. The number of amides is 2. The molecule has 3 aromatic rings. The maximum Gasteiger partial charge on any atom is 0.286 e. The van der Waals surface area contributed by atoms with Crippen molar-refractivity contribution in [2.75, 3.05) is 12.8 Å².